The van der Waals surface area contributed by atoms with E-state index in [0.717, 1.165) is 0 Å². The Balaban J connectivity index is 1.85. The number of hydrogen-bond acceptors (Lipinski definition) is 5. The van der Waals surface area contributed by atoms with Gasteiger partial charge >= 0.3 is 0 Å². The molecule has 0 aliphatic rings. The summed E-state index contributed by atoms with van der Waals surface area (Å²) in [5.74, 6) is 0.281. The zero-order valence-electron chi connectivity index (χ0n) is 14.6. The molecule has 0 aliphatic carbocycles. The van der Waals surface area contributed by atoms with Crippen LogP contribution >= 0.6 is 34.8 Å². The molecule has 0 fully saturated rings. The molecule has 0 atom stereocenters. The number of halogens is 3. The van der Waals surface area contributed by atoms with Crippen LogP contribution in [0.2, 0.25) is 15.1 Å². The molecule has 144 valence electrons. The molecule has 1 aromatic carbocycles. The van der Waals surface area contributed by atoms with Crippen molar-refractivity contribution in [3.05, 3.63) is 69.4 Å². The summed E-state index contributed by atoms with van der Waals surface area (Å²) >= 11 is 18.1. The molecule has 0 radical (unpaired) electrons. The molecule has 28 heavy (non-hydrogen) atoms. The van der Waals surface area contributed by atoms with E-state index >= 15 is 0 Å². The van der Waals surface area contributed by atoms with Crippen LogP contribution in [0.3, 0.4) is 0 Å². The minimum atomic E-state index is -0.516. The Hall–Kier alpha value is -2.54. The van der Waals surface area contributed by atoms with Crippen LogP contribution in [0.5, 0.6) is 17.5 Å². The summed E-state index contributed by atoms with van der Waals surface area (Å²) in [6.45, 7) is 2.24. The van der Waals surface area contributed by atoms with Gasteiger partial charge in [0.2, 0.25) is 11.8 Å². The Morgan fingerprint density at radius 1 is 1.11 bits per heavy atom. The molecule has 0 bridgehead atoms. The Bertz CT molecular complexity index is 1010. The fraction of sp³-hybridized carbons (Fsp3) is 0.105. The maximum atomic E-state index is 12.7. The fourth-order valence-electron chi connectivity index (χ4n) is 2.23. The molecular formula is C19H14Cl3N3O3. The third-order valence-electron chi connectivity index (χ3n) is 3.44. The van der Waals surface area contributed by atoms with E-state index < -0.39 is 5.91 Å². The number of hydrogen-bond donors (Lipinski definition) is 1. The van der Waals surface area contributed by atoms with Crippen molar-refractivity contribution in [1.29, 1.82) is 0 Å². The van der Waals surface area contributed by atoms with E-state index in [0.29, 0.717) is 28.9 Å². The Kier molecular flexibility index (Phi) is 6.57. The third kappa shape index (κ3) is 4.84. The van der Waals surface area contributed by atoms with Crippen LogP contribution in [-0.2, 0) is 0 Å². The standard InChI is InChI=1S/C19H14Cl3N3O3/c1-2-27-16-8-7-12(21)17(25-16)18(26)24-14-5-3-4-6-15(14)28-19-13(22)9-11(20)10-23-19/h3-10H,2H2,1H3,(H,24,26). The van der Waals surface area contributed by atoms with Crippen LogP contribution in [0.4, 0.5) is 5.69 Å². The summed E-state index contributed by atoms with van der Waals surface area (Å²) in [6.07, 6.45) is 1.41. The van der Waals surface area contributed by atoms with E-state index in [1.54, 1.807) is 36.4 Å². The summed E-state index contributed by atoms with van der Waals surface area (Å²) in [6, 6.07) is 11.5. The van der Waals surface area contributed by atoms with Crippen molar-refractivity contribution in [2.75, 3.05) is 11.9 Å². The molecule has 1 N–H and O–H groups in total. The summed E-state index contributed by atoms with van der Waals surface area (Å²) in [7, 11) is 0. The SMILES string of the molecule is CCOc1ccc(Cl)c(C(=O)Nc2ccccc2Oc2ncc(Cl)cc2Cl)n1. The Labute approximate surface area is 176 Å². The minimum absolute atomic E-state index is 0.0325. The highest BCUT2D eigenvalue weighted by molar-refractivity contribution is 6.35. The van der Waals surface area contributed by atoms with Crippen molar-refractivity contribution in [2.24, 2.45) is 0 Å². The monoisotopic (exact) mass is 437 g/mol. The quantitative estimate of drug-likeness (QED) is 0.520. The zero-order chi connectivity index (χ0) is 20.1. The van der Waals surface area contributed by atoms with E-state index in [1.807, 2.05) is 6.92 Å². The molecule has 3 rings (SSSR count). The lowest BCUT2D eigenvalue weighted by molar-refractivity contribution is 0.102. The van der Waals surface area contributed by atoms with Crippen LogP contribution in [0.15, 0.2) is 48.7 Å². The van der Waals surface area contributed by atoms with Crippen LogP contribution < -0.4 is 14.8 Å². The van der Waals surface area contributed by atoms with Gasteiger partial charge in [-0.25, -0.2) is 9.97 Å². The molecule has 0 aliphatic heterocycles. The van der Waals surface area contributed by atoms with Gasteiger partial charge in [-0.1, -0.05) is 46.9 Å². The van der Waals surface area contributed by atoms with Gasteiger partial charge < -0.3 is 14.8 Å². The first-order valence-corrected chi connectivity index (χ1v) is 9.30. The molecule has 0 unspecified atom stereocenters. The molecule has 0 spiro atoms. The van der Waals surface area contributed by atoms with E-state index in [1.165, 1.54) is 12.3 Å². The van der Waals surface area contributed by atoms with Crippen molar-refractivity contribution in [3.63, 3.8) is 0 Å². The van der Waals surface area contributed by atoms with Crippen LogP contribution in [-0.4, -0.2) is 22.5 Å². The maximum Gasteiger partial charge on any atom is 0.276 e. The number of rotatable bonds is 6. The molecular weight excluding hydrogens is 425 g/mol. The predicted molar refractivity (Wildman–Crippen MR) is 109 cm³/mol. The number of nitrogens with one attached hydrogen (secondary N) is 1. The molecule has 6 nitrogen and oxygen atoms in total. The largest absolute Gasteiger partial charge is 0.478 e. The second-order valence-electron chi connectivity index (χ2n) is 5.41. The van der Waals surface area contributed by atoms with Crippen LogP contribution in [0.1, 0.15) is 17.4 Å². The number of ether oxygens (including phenoxy) is 2. The fourth-order valence-corrected chi connectivity index (χ4v) is 2.84. The van der Waals surface area contributed by atoms with Crippen molar-refractivity contribution in [3.8, 4) is 17.5 Å². The normalized spacial score (nSPS) is 10.4. The molecule has 0 saturated carbocycles. The van der Waals surface area contributed by atoms with Gasteiger partial charge in [0.15, 0.2) is 11.4 Å². The zero-order valence-corrected chi connectivity index (χ0v) is 16.8. The smallest absolute Gasteiger partial charge is 0.276 e. The number of carbonyl (C=O) groups excluding carboxylic acids is 1. The topological polar surface area (TPSA) is 73.3 Å². The molecule has 9 heteroatoms. The number of anilines is 1. The summed E-state index contributed by atoms with van der Waals surface area (Å²) in [4.78, 5) is 20.9. The summed E-state index contributed by atoms with van der Waals surface area (Å²) < 4.78 is 11.0. The van der Waals surface area contributed by atoms with E-state index in [9.17, 15) is 4.79 Å². The lowest BCUT2D eigenvalue weighted by atomic mass is 10.2. The van der Waals surface area contributed by atoms with Crippen molar-refractivity contribution >= 4 is 46.4 Å². The number of carbonyl (C=O) groups is 1. The van der Waals surface area contributed by atoms with Gasteiger partial charge in [0.1, 0.15) is 5.02 Å². The van der Waals surface area contributed by atoms with Crippen molar-refractivity contribution in [1.82, 2.24) is 9.97 Å². The van der Waals surface area contributed by atoms with Crippen LogP contribution in [0.25, 0.3) is 0 Å². The summed E-state index contributed by atoms with van der Waals surface area (Å²) in [5, 5.41) is 3.54. The second-order valence-corrected chi connectivity index (χ2v) is 6.66. The molecule has 2 aromatic heterocycles. The highest BCUT2D eigenvalue weighted by Gasteiger charge is 2.17. The Morgan fingerprint density at radius 3 is 2.64 bits per heavy atom. The highest BCUT2D eigenvalue weighted by atomic mass is 35.5. The number of amides is 1. The molecule has 2 heterocycles. The number of pyridine rings is 2. The van der Waals surface area contributed by atoms with Crippen molar-refractivity contribution in [2.45, 2.75) is 6.92 Å². The maximum absolute atomic E-state index is 12.7. The molecule has 0 saturated heterocycles. The first-order chi connectivity index (χ1) is 13.5. The number of nitrogens with zero attached hydrogens (tertiary/aromatic N) is 2. The second kappa shape index (κ2) is 9.10. The van der Waals surface area contributed by atoms with Crippen LogP contribution in [0, 0.1) is 0 Å². The summed E-state index contributed by atoms with van der Waals surface area (Å²) in [5.41, 5.74) is 0.421. The van der Waals surface area contributed by atoms with E-state index in [-0.39, 0.29) is 21.6 Å². The van der Waals surface area contributed by atoms with Gasteiger partial charge in [-0.15, -0.1) is 0 Å². The molecule has 1 amide bonds. The average Bonchev–Trinajstić information content (AvgIpc) is 2.67. The number of aromatic nitrogens is 2. The van der Waals surface area contributed by atoms with Gasteiger partial charge in [-0.3, -0.25) is 4.79 Å². The van der Waals surface area contributed by atoms with E-state index in [4.69, 9.17) is 44.3 Å². The van der Waals surface area contributed by atoms with Gasteiger partial charge in [0.05, 0.1) is 22.3 Å². The first kappa shape index (κ1) is 20.2. The van der Waals surface area contributed by atoms with E-state index in [2.05, 4.69) is 15.3 Å². The number of para-hydroxylation sites is 2. The average molecular weight is 439 g/mol. The van der Waals surface area contributed by atoms with Crippen molar-refractivity contribution < 1.29 is 14.3 Å². The highest BCUT2D eigenvalue weighted by Crippen LogP contribution is 2.33. The van der Waals surface area contributed by atoms with Gasteiger partial charge in [-0.2, -0.15) is 0 Å². The van der Waals surface area contributed by atoms with Gasteiger partial charge in [0, 0.05) is 12.3 Å². The predicted octanol–water partition coefficient (Wildman–Crippen LogP) is 5.88. The van der Waals surface area contributed by atoms with Gasteiger partial charge in [-0.05, 0) is 31.2 Å². The number of benzene rings is 1. The lowest BCUT2D eigenvalue weighted by Gasteiger charge is -2.13. The van der Waals surface area contributed by atoms with Gasteiger partial charge in [0.25, 0.3) is 5.91 Å². The first-order valence-electron chi connectivity index (χ1n) is 8.16. The Morgan fingerprint density at radius 2 is 1.89 bits per heavy atom. The minimum Gasteiger partial charge on any atom is -0.478 e. The molecule has 3 aromatic rings. The third-order valence-corrected chi connectivity index (χ3v) is 4.23. The lowest BCUT2D eigenvalue weighted by Crippen LogP contribution is -2.15.